The monoisotopic (exact) mass is 405 g/mol. The second kappa shape index (κ2) is 8.58. The molecule has 2 aromatic rings. The number of amidine groups is 1. The number of carbonyl (C=O) groups excluding carboxylic acids is 1. The Morgan fingerprint density at radius 2 is 1.85 bits per heavy atom. The third kappa shape index (κ3) is 4.33. The highest BCUT2D eigenvalue weighted by atomic mass is 35.5. The molecule has 0 unspecified atom stereocenters. The molecule has 0 spiro atoms. The van der Waals surface area contributed by atoms with Gasteiger partial charge in [0.25, 0.3) is 5.91 Å². The van der Waals surface area contributed by atoms with Gasteiger partial charge in [0.1, 0.15) is 5.76 Å². The molecule has 1 saturated heterocycles. The molecule has 0 aliphatic carbocycles. The van der Waals surface area contributed by atoms with Crippen molar-refractivity contribution in [1.82, 2.24) is 15.0 Å². The van der Waals surface area contributed by atoms with Crippen LogP contribution in [0.2, 0.25) is 0 Å². The van der Waals surface area contributed by atoms with E-state index in [0.717, 1.165) is 35.3 Å². The Bertz CT molecular complexity index is 860. The van der Waals surface area contributed by atoms with Crippen molar-refractivity contribution in [3.05, 3.63) is 53.4 Å². The van der Waals surface area contributed by atoms with Gasteiger partial charge < -0.3 is 14.3 Å². The summed E-state index contributed by atoms with van der Waals surface area (Å²) in [6, 6.07) is 11.8. The van der Waals surface area contributed by atoms with Crippen molar-refractivity contribution in [3.63, 3.8) is 0 Å². The fourth-order valence-electron chi connectivity index (χ4n) is 2.95. The minimum absolute atomic E-state index is 0. The molecule has 1 amide bonds. The predicted octanol–water partition coefficient (Wildman–Crippen LogP) is 2.67. The maximum atomic E-state index is 12.4. The molecular formula is C18H20ClN5O2S. The number of amides is 1. The quantitative estimate of drug-likeness (QED) is 0.767. The predicted molar refractivity (Wildman–Crippen MR) is 109 cm³/mol. The van der Waals surface area contributed by atoms with Gasteiger partial charge in [0.15, 0.2) is 10.9 Å². The summed E-state index contributed by atoms with van der Waals surface area (Å²) in [6.45, 7) is 4.54. The van der Waals surface area contributed by atoms with Gasteiger partial charge in [-0.05, 0) is 12.5 Å². The van der Waals surface area contributed by atoms with Crippen LogP contribution in [0.3, 0.4) is 0 Å². The van der Waals surface area contributed by atoms with E-state index in [0.29, 0.717) is 24.5 Å². The number of thioether (sulfide) groups is 1. The number of benzene rings is 1. The van der Waals surface area contributed by atoms with E-state index in [4.69, 9.17) is 4.52 Å². The van der Waals surface area contributed by atoms with E-state index >= 15 is 0 Å². The van der Waals surface area contributed by atoms with Crippen LogP contribution < -0.4 is 0 Å². The van der Waals surface area contributed by atoms with Crippen molar-refractivity contribution in [2.24, 2.45) is 10.2 Å². The van der Waals surface area contributed by atoms with Gasteiger partial charge in [-0.3, -0.25) is 4.79 Å². The Hall–Kier alpha value is -2.32. The molecule has 1 aromatic carbocycles. The summed E-state index contributed by atoms with van der Waals surface area (Å²) < 4.78 is 4.99. The highest BCUT2D eigenvalue weighted by molar-refractivity contribution is 8.14. The third-order valence-corrected chi connectivity index (χ3v) is 5.40. The first kappa shape index (κ1) is 19.4. The standard InChI is InChI=1S/C18H19N5O2S.ClH/c1-13-11-15(21-25-13)17(24)22-7-9-23(10-8-22)18-20-19-16(12-26-18)14-5-3-2-4-6-14;/h2-6,11H,7-10,12H2,1H3;1H. The summed E-state index contributed by atoms with van der Waals surface area (Å²) in [5.74, 6) is 1.37. The van der Waals surface area contributed by atoms with Crippen LogP contribution in [-0.4, -0.2) is 63.7 Å². The van der Waals surface area contributed by atoms with Gasteiger partial charge in [-0.25, -0.2) is 0 Å². The lowest BCUT2D eigenvalue weighted by atomic mass is 10.1. The third-order valence-electron chi connectivity index (χ3n) is 4.39. The first-order valence-electron chi connectivity index (χ1n) is 8.51. The largest absolute Gasteiger partial charge is 0.361 e. The van der Waals surface area contributed by atoms with Gasteiger partial charge in [-0.2, -0.15) is 5.10 Å². The molecule has 0 saturated carbocycles. The van der Waals surface area contributed by atoms with Crippen LogP contribution in [0.1, 0.15) is 21.8 Å². The molecule has 0 radical (unpaired) electrons. The number of piperazine rings is 1. The number of carbonyl (C=O) groups is 1. The summed E-state index contributed by atoms with van der Waals surface area (Å²) in [5, 5.41) is 13.5. The minimum Gasteiger partial charge on any atom is -0.361 e. The van der Waals surface area contributed by atoms with E-state index in [1.807, 2.05) is 18.2 Å². The molecule has 0 bridgehead atoms. The Kier molecular flexibility index (Phi) is 6.18. The van der Waals surface area contributed by atoms with Gasteiger partial charge in [0.2, 0.25) is 0 Å². The van der Waals surface area contributed by atoms with Crippen molar-refractivity contribution < 1.29 is 9.32 Å². The average molecular weight is 406 g/mol. The topological polar surface area (TPSA) is 74.3 Å². The smallest absolute Gasteiger partial charge is 0.276 e. The second-order valence-corrected chi connectivity index (χ2v) is 7.13. The summed E-state index contributed by atoms with van der Waals surface area (Å²) in [6.07, 6.45) is 0. The normalized spacial score (nSPS) is 17.1. The highest BCUT2D eigenvalue weighted by Gasteiger charge is 2.27. The molecule has 0 atom stereocenters. The van der Waals surface area contributed by atoms with Crippen LogP contribution in [0.25, 0.3) is 0 Å². The fourth-order valence-corrected chi connectivity index (χ4v) is 3.90. The van der Waals surface area contributed by atoms with Crippen LogP contribution >= 0.6 is 24.2 Å². The number of aryl methyl sites for hydroxylation is 1. The van der Waals surface area contributed by atoms with Crippen LogP contribution in [0.5, 0.6) is 0 Å². The van der Waals surface area contributed by atoms with Crippen molar-refractivity contribution in [3.8, 4) is 0 Å². The Labute approximate surface area is 167 Å². The zero-order chi connectivity index (χ0) is 17.9. The van der Waals surface area contributed by atoms with Gasteiger partial charge in [-0.15, -0.1) is 17.5 Å². The molecule has 1 fully saturated rings. The summed E-state index contributed by atoms with van der Waals surface area (Å²) in [5.41, 5.74) is 2.48. The molecule has 142 valence electrons. The maximum Gasteiger partial charge on any atom is 0.276 e. The number of hydrogen-bond donors (Lipinski definition) is 0. The molecular weight excluding hydrogens is 386 g/mol. The minimum atomic E-state index is -0.0795. The van der Waals surface area contributed by atoms with Crippen LogP contribution in [-0.2, 0) is 0 Å². The average Bonchev–Trinajstić information content (AvgIpc) is 3.15. The van der Waals surface area contributed by atoms with E-state index in [2.05, 4.69) is 32.4 Å². The number of nitrogens with zero attached hydrogens (tertiary/aromatic N) is 5. The van der Waals surface area contributed by atoms with E-state index in [9.17, 15) is 4.79 Å². The SMILES string of the molecule is Cc1cc(C(=O)N2CCN(C3=NN=C(c4ccccc4)CS3)CC2)no1.Cl. The molecule has 4 rings (SSSR count). The van der Waals surface area contributed by atoms with Gasteiger partial charge >= 0.3 is 0 Å². The van der Waals surface area contributed by atoms with Crippen molar-refractivity contribution in [2.75, 3.05) is 31.9 Å². The number of halogens is 1. The van der Waals surface area contributed by atoms with E-state index in [-0.39, 0.29) is 18.3 Å². The fraction of sp³-hybridized carbons (Fsp3) is 0.333. The Morgan fingerprint density at radius 1 is 1.11 bits per heavy atom. The Balaban J connectivity index is 0.00000210. The molecule has 27 heavy (non-hydrogen) atoms. The van der Waals surface area contributed by atoms with E-state index in [1.165, 1.54) is 0 Å². The summed E-state index contributed by atoms with van der Waals surface area (Å²) in [7, 11) is 0. The molecule has 3 heterocycles. The first-order valence-corrected chi connectivity index (χ1v) is 9.49. The molecule has 1 aromatic heterocycles. The van der Waals surface area contributed by atoms with Gasteiger partial charge in [0, 0.05) is 38.0 Å². The van der Waals surface area contributed by atoms with Crippen molar-refractivity contribution in [2.45, 2.75) is 6.92 Å². The summed E-state index contributed by atoms with van der Waals surface area (Å²) in [4.78, 5) is 16.4. The summed E-state index contributed by atoms with van der Waals surface area (Å²) >= 11 is 1.70. The lowest BCUT2D eigenvalue weighted by Crippen LogP contribution is -2.50. The van der Waals surface area contributed by atoms with Gasteiger partial charge in [0.05, 0.1) is 5.71 Å². The van der Waals surface area contributed by atoms with E-state index < -0.39 is 0 Å². The van der Waals surface area contributed by atoms with E-state index in [1.54, 1.807) is 29.7 Å². The molecule has 7 nitrogen and oxygen atoms in total. The lowest BCUT2D eigenvalue weighted by Gasteiger charge is -2.36. The Morgan fingerprint density at radius 3 is 2.44 bits per heavy atom. The molecule has 2 aliphatic rings. The lowest BCUT2D eigenvalue weighted by molar-refractivity contribution is 0.0683. The van der Waals surface area contributed by atoms with Crippen molar-refractivity contribution >= 4 is 41.0 Å². The maximum absolute atomic E-state index is 12.4. The molecule has 0 N–H and O–H groups in total. The number of rotatable bonds is 2. The van der Waals surface area contributed by atoms with Crippen LogP contribution in [0.15, 0.2) is 51.1 Å². The second-order valence-electron chi connectivity index (χ2n) is 6.19. The zero-order valence-corrected chi connectivity index (χ0v) is 16.5. The number of hydrogen-bond acceptors (Lipinski definition) is 7. The van der Waals surface area contributed by atoms with Gasteiger partial charge in [-0.1, -0.05) is 47.3 Å². The highest BCUT2D eigenvalue weighted by Crippen LogP contribution is 2.20. The van der Waals surface area contributed by atoms with Crippen LogP contribution in [0, 0.1) is 6.92 Å². The zero-order valence-electron chi connectivity index (χ0n) is 14.9. The van der Waals surface area contributed by atoms with Crippen molar-refractivity contribution in [1.29, 1.82) is 0 Å². The van der Waals surface area contributed by atoms with Crippen LogP contribution in [0.4, 0.5) is 0 Å². The number of aromatic nitrogens is 1. The molecule has 2 aliphatic heterocycles. The first-order chi connectivity index (χ1) is 12.7. The molecule has 9 heteroatoms.